The molecule has 4 nitrogen and oxygen atoms in total. The summed E-state index contributed by atoms with van der Waals surface area (Å²) >= 11 is 0. The summed E-state index contributed by atoms with van der Waals surface area (Å²) < 4.78 is 5.38. The van der Waals surface area contributed by atoms with E-state index >= 15 is 0 Å². The fourth-order valence-corrected chi connectivity index (χ4v) is 3.20. The van der Waals surface area contributed by atoms with Crippen LogP contribution in [0.2, 0.25) is 0 Å². The van der Waals surface area contributed by atoms with E-state index in [1.807, 2.05) is 0 Å². The van der Waals surface area contributed by atoms with Gasteiger partial charge in [0.1, 0.15) is 6.10 Å². The van der Waals surface area contributed by atoms with Gasteiger partial charge in [-0.3, -0.25) is 9.59 Å². The van der Waals surface area contributed by atoms with Crippen LogP contribution in [0.5, 0.6) is 0 Å². The van der Waals surface area contributed by atoms with Gasteiger partial charge in [0, 0.05) is 6.42 Å². The number of hydrogen-bond donors (Lipinski definition) is 1. The Hall–Kier alpha value is -1.06. The maximum atomic E-state index is 11.8. The number of aliphatic carboxylic acids is 1. The van der Waals surface area contributed by atoms with Crippen LogP contribution in [-0.2, 0) is 14.3 Å². The molecule has 0 aromatic heterocycles. The lowest BCUT2D eigenvalue weighted by Crippen LogP contribution is -2.21. The molecule has 26 heavy (non-hydrogen) atoms. The summed E-state index contributed by atoms with van der Waals surface area (Å²) in [5.41, 5.74) is 0. The molecule has 0 fully saturated rings. The van der Waals surface area contributed by atoms with Crippen LogP contribution in [0.25, 0.3) is 0 Å². The van der Waals surface area contributed by atoms with E-state index in [2.05, 4.69) is 13.8 Å². The molecule has 1 N–H and O–H groups in total. The summed E-state index contributed by atoms with van der Waals surface area (Å²) in [5, 5.41) is 9.00. The highest BCUT2D eigenvalue weighted by Crippen LogP contribution is 2.15. The number of hydrogen-bond acceptors (Lipinski definition) is 3. The lowest BCUT2D eigenvalue weighted by molar-refractivity contribution is -0.153. The maximum Gasteiger partial charge on any atom is 0.307 e. The van der Waals surface area contributed by atoms with E-state index in [-0.39, 0.29) is 12.4 Å². The molecule has 1 atom stereocenters. The number of rotatable bonds is 19. The van der Waals surface area contributed by atoms with E-state index in [0.29, 0.717) is 12.8 Å². The molecular weight excluding hydrogens is 328 g/mol. The van der Waals surface area contributed by atoms with Crippen LogP contribution in [-0.4, -0.2) is 23.1 Å². The zero-order valence-electron chi connectivity index (χ0n) is 17.3. The largest absolute Gasteiger partial charge is 0.481 e. The molecule has 154 valence electrons. The van der Waals surface area contributed by atoms with E-state index in [4.69, 9.17) is 9.84 Å². The highest BCUT2D eigenvalue weighted by molar-refractivity contribution is 5.71. The number of carboxylic acids is 1. The Labute approximate surface area is 161 Å². The van der Waals surface area contributed by atoms with Crippen LogP contribution >= 0.6 is 0 Å². The number of carboxylic acid groups (broad SMARTS) is 1. The average molecular weight is 371 g/mol. The second-order valence-corrected chi connectivity index (χ2v) is 7.49. The topological polar surface area (TPSA) is 63.6 Å². The molecule has 1 unspecified atom stereocenters. The lowest BCUT2D eigenvalue weighted by atomic mass is 10.0. The van der Waals surface area contributed by atoms with Gasteiger partial charge >= 0.3 is 11.9 Å². The molecule has 0 rings (SSSR count). The predicted molar refractivity (Wildman–Crippen MR) is 107 cm³/mol. The Morgan fingerprint density at radius 3 is 1.69 bits per heavy atom. The second-order valence-electron chi connectivity index (χ2n) is 7.49. The van der Waals surface area contributed by atoms with Gasteiger partial charge in [-0.1, -0.05) is 90.9 Å². The first-order valence-electron chi connectivity index (χ1n) is 11.0. The number of unbranched alkanes of at least 4 members (excludes halogenated alkanes) is 12. The highest BCUT2D eigenvalue weighted by atomic mass is 16.5. The molecule has 0 heterocycles. The molecule has 4 heteroatoms. The Kier molecular flexibility index (Phi) is 18.0. The minimum Gasteiger partial charge on any atom is -0.481 e. The van der Waals surface area contributed by atoms with Crippen LogP contribution in [0.15, 0.2) is 0 Å². The summed E-state index contributed by atoms with van der Waals surface area (Å²) in [6, 6.07) is 0. The smallest absolute Gasteiger partial charge is 0.307 e. The first-order chi connectivity index (χ1) is 12.6. The van der Waals surface area contributed by atoms with Crippen LogP contribution in [0.1, 0.15) is 123 Å². The number of esters is 1. The highest BCUT2D eigenvalue weighted by Gasteiger charge is 2.17. The van der Waals surface area contributed by atoms with Crippen molar-refractivity contribution in [3.8, 4) is 0 Å². The Bertz CT molecular complexity index is 341. The van der Waals surface area contributed by atoms with Gasteiger partial charge in [-0.25, -0.2) is 0 Å². The van der Waals surface area contributed by atoms with Crippen molar-refractivity contribution >= 4 is 11.9 Å². The van der Waals surface area contributed by atoms with Gasteiger partial charge in [-0.15, -0.1) is 0 Å². The van der Waals surface area contributed by atoms with Crippen molar-refractivity contribution in [1.82, 2.24) is 0 Å². The number of ether oxygens (including phenoxy) is 1. The fraction of sp³-hybridized carbons (Fsp3) is 0.909. The van der Waals surface area contributed by atoms with E-state index in [1.165, 1.54) is 57.8 Å². The van der Waals surface area contributed by atoms with E-state index < -0.39 is 12.1 Å². The van der Waals surface area contributed by atoms with Crippen molar-refractivity contribution in [3.05, 3.63) is 0 Å². The Morgan fingerprint density at radius 1 is 0.731 bits per heavy atom. The summed E-state index contributed by atoms with van der Waals surface area (Å²) in [6.07, 6.45) is 17.3. The summed E-state index contributed by atoms with van der Waals surface area (Å²) in [5.74, 6) is -1.13. The van der Waals surface area contributed by atoms with Crippen LogP contribution < -0.4 is 0 Å². The molecule has 0 saturated carbocycles. The molecule has 0 spiro atoms. The summed E-state index contributed by atoms with van der Waals surface area (Å²) in [7, 11) is 0. The van der Waals surface area contributed by atoms with E-state index in [1.54, 1.807) is 0 Å². The van der Waals surface area contributed by atoms with Crippen LogP contribution in [0.4, 0.5) is 0 Å². The summed E-state index contributed by atoms with van der Waals surface area (Å²) in [4.78, 5) is 22.8. The Morgan fingerprint density at radius 2 is 1.19 bits per heavy atom. The van der Waals surface area contributed by atoms with Gasteiger partial charge < -0.3 is 9.84 Å². The first kappa shape index (κ1) is 24.9. The van der Waals surface area contributed by atoms with E-state index in [0.717, 1.165) is 32.1 Å². The van der Waals surface area contributed by atoms with Gasteiger partial charge in [0.25, 0.3) is 0 Å². The lowest BCUT2D eigenvalue weighted by Gasteiger charge is -2.16. The van der Waals surface area contributed by atoms with Crippen molar-refractivity contribution < 1.29 is 19.4 Å². The van der Waals surface area contributed by atoms with Crippen LogP contribution in [0, 0.1) is 0 Å². The van der Waals surface area contributed by atoms with Gasteiger partial charge in [-0.05, 0) is 19.3 Å². The summed E-state index contributed by atoms with van der Waals surface area (Å²) in [6.45, 7) is 4.33. The van der Waals surface area contributed by atoms with Crippen molar-refractivity contribution in [3.63, 3.8) is 0 Å². The van der Waals surface area contributed by atoms with Crippen molar-refractivity contribution in [2.24, 2.45) is 0 Å². The molecule has 0 aromatic rings. The minimum absolute atomic E-state index is 0.0721. The predicted octanol–water partition coefficient (Wildman–Crippen LogP) is 6.65. The molecule has 0 aromatic carbocycles. The zero-order valence-corrected chi connectivity index (χ0v) is 17.3. The van der Waals surface area contributed by atoms with Gasteiger partial charge in [0.05, 0.1) is 6.42 Å². The third-order valence-corrected chi connectivity index (χ3v) is 4.81. The third kappa shape index (κ3) is 17.8. The molecule has 0 aliphatic heterocycles. The van der Waals surface area contributed by atoms with Gasteiger partial charge in [0.15, 0.2) is 0 Å². The first-order valence-corrected chi connectivity index (χ1v) is 11.0. The molecule has 0 amide bonds. The maximum absolute atomic E-state index is 11.8. The van der Waals surface area contributed by atoms with Gasteiger partial charge in [0.2, 0.25) is 0 Å². The third-order valence-electron chi connectivity index (χ3n) is 4.81. The monoisotopic (exact) mass is 370 g/mol. The molecule has 0 radical (unpaired) electrons. The standard InChI is InChI=1S/C22H42O4/c1-3-5-7-8-9-10-11-12-13-14-16-17-20(19-21(23)24)26-22(25)18-15-6-4-2/h20H,3-19H2,1-2H3,(H,23,24). The van der Waals surface area contributed by atoms with Gasteiger partial charge in [-0.2, -0.15) is 0 Å². The van der Waals surface area contributed by atoms with Crippen molar-refractivity contribution in [1.29, 1.82) is 0 Å². The normalized spacial score (nSPS) is 12.1. The van der Waals surface area contributed by atoms with Crippen LogP contribution in [0.3, 0.4) is 0 Å². The SMILES string of the molecule is CCCCCCCCCCCCCC(CC(=O)O)OC(=O)CCCCC. The fourth-order valence-electron chi connectivity index (χ4n) is 3.20. The minimum atomic E-state index is -0.889. The average Bonchev–Trinajstić information content (AvgIpc) is 2.59. The second kappa shape index (κ2) is 18.7. The number of carbonyl (C=O) groups is 2. The Balaban J connectivity index is 3.70. The molecule has 0 aliphatic rings. The molecule has 0 bridgehead atoms. The number of carbonyl (C=O) groups excluding carboxylic acids is 1. The van der Waals surface area contributed by atoms with Crippen molar-refractivity contribution in [2.75, 3.05) is 0 Å². The molecular formula is C22H42O4. The molecule has 0 saturated heterocycles. The molecule has 0 aliphatic carbocycles. The van der Waals surface area contributed by atoms with Crippen molar-refractivity contribution in [2.45, 2.75) is 129 Å². The zero-order chi connectivity index (χ0) is 19.5. The van der Waals surface area contributed by atoms with E-state index in [9.17, 15) is 9.59 Å². The quantitative estimate of drug-likeness (QED) is 0.204.